The molecule has 4 nitrogen and oxygen atoms in total. The molecule has 0 radical (unpaired) electrons. The zero-order valence-electron chi connectivity index (χ0n) is 13.0. The first-order valence-electron chi connectivity index (χ1n) is 8.25. The van der Waals surface area contributed by atoms with Gasteiger partial charge in [-0.1, -0.05) is 31.4 Å². The Morgan fingerprint density at radius 1 is 1.13 bits per heavy atom. The molecule has 1 aromatic heterocycles. The molecule has 23 heavy (non-hydrogen) atoms. The van der Waals surface area contributed by atoms with E-state index in [1.165, 1.54) is 18.6 Å². The van der Waals surface area contributed by atoms with Gasteiger partial charge in [-0.2, -0.15) is 0 Å². The molecule has 120 valence electrons. The normalized spacial score (nSPS) is 19.9. The van der Waals surface area contributed by atoms with Gasteiger partial charge in [0.25, 0.3) is 0 Å². The van der Waals surface area contributed by atoms with Gasteiger partial charge in [0, 0.05) is 12.7 Å². The topological polar surface area (TPSA) is 38.1 Å². The molecule has 0 saturated heterocycles. The smallest absolute Gasteiger partial charge is 0.249 e. The first-order valence-corrected chi connectivity index (χ1v) is 8.25. The quantitative estimate of drug-likeness (QED) is 0.854. The second-order valence-corrected chi connectivity index (χ2v) is 6.63. The molecule has 2 aliphatic rings. The van der Waals surface area contributed by atoms with E-state index in [9.17, 15) is 9.18 Å². The van der Waals surface area contributed by atoms with E-state index in [2.05, 4.69) is 9.55 Å². The molecule has 0 N–H and O–H groups in total. The number of nitrogens with zero attached hydrogens (tertiary/aromatic N) is 3. The lowest BCUT2D eigenvalue weighted by molar-refractivity contribution is -0.147. The highest BCUT2D eigenvalue weighted by molar-refractivity contribution is 5.85. The number of aromatic nitrogens is 2. The predicted octanol–water partition coefficient (Wildman–Crippen LogP) is 3.22. The molecular weight excluding hydrogens is 293 g/mol. The van der Waals surface area contributed by atoms with E-state index < -0.39 is 5.54 Å². The summed E-state index contributed by atoms with van der Waals surface area (Å²) in [5, 5.41) is 0. The molecule has 0 atom stereocenters. The Morgan fingerprint density at radius 2 is 1.87 bits per heavy atom. The van der Waals surface area contributed by atoms with Gasteiger partial charge in [0.15, 0.2) is 0 Å². The fraction of sp³-hybridized carbons (Fsp3) is 0.444. The zero-order valence-corrected chi connectivity index (χ0v) is 13.0. The van der Waals surface area contributed by atoms with Crippen LogP contribution in [0.15, 0.2) is 36.8 Å². The van der Waals surface area contributed by atoms with Crippen LogP contribution in [-0.4, -0.2) is 20.4 Å². The van der Waals surface area contributed by atoms with Crippen LogP contribution in [0.2, 0.25) is 0 Å². The van der Waals surface area contributed by atoms with Gasteiger partial charge >= 0.3 is 0 Å². The molecule has 5 heteroatoms. The summed E-state index contributed by atoms with van der Waals surface area (Å²) < 4.78 is 15.2. The maximum absolute atomic E-state index is 13.2. The molecule has 2 heterocycles. The molecule has 1 aliphatic heterocycles. The highest BCUT2D eigenvalue weighted by Crippen LogP contribution is 2.40. The van der Waals surface area contributed by atoms with Crippen molar-refractivity contribution >= 4 is 5.91 Å². The molecular formula is C18H20FN3O. The van der Waals surface area contributed by atoms with Crippen LogP contribution in [-0.2, 0) is 23.4 Å². The Morgan fingerprint density at radius 3 is 2.61 bits per heavy atom. The van der Waals surface area contributed by atoms with Crippen LogP contribution < -0.4 is 0 Å². The Kier molecular flexibility index (Phi) is 3.43. The molecule has 1 aliphatic carbocycles. The molecule has 0 unspecified atom stereocenters. The highest BCUT2D eigenvalue weighted by Gasteiger charge is 2.47. The summed E-state index contributed by atoms with van der Waals surface area (Å²) in [4.78, 5) is 19.4. The van der Waals surface area contributed by atoms with Gasteiger partial charge in [-0.3, -0.25) is 4.79 Å². The summed E-state index contributed by atoms with van der Waals surface area (Å²) in [6.45, 7) is 1.09. The van der Waals surface area contributed by atoms with Crippen molar-refractivity contribution in [2.24, 2.45) is 0 Å². The number of amides is 1. The molecule has 4 rings (SSSR count). The Balaban J connectivity index is 1.67. The van der Waals surface area contributed by atoms with Crippen molar-refractivity contribution in [1.82, 2.24) is 14.5 Å². The SMILES string of the molecule is O=C1N(Cc2ccc(F)cc2)Cc2cncn2C12CCCCC2. The summed E-state index contributed by atoms with van der Waals surface area (Å²) in [5.41, 5.74) is 1.59. The van der Waals surface area contributed by atoms with E-state index in [0.29, 0.717) is 13.1 Å². The Labute approximate surface area is 134 Å². The van der Waals surface area contributed by atoms with E-state index in [0.717, 1.165) is 36.9 Å². The maximum Gasteiger partial charge on any atom is 0.249 e. The second-order valence-electron chi connectivity index (χ2n) is 6.63. The van der Waals surface area contributed by atoms with Gasteiger partial charge in [-0.15, -0.1) is 0 Å². The third-order valence-corrected chi connectivity index (χ3v) is 5.18. The minimum Gasteiger partial charge on any atom is -0.330 e. The number of hydrogen-bond acceptors (Lipinski definition) is 2. The van der Waals surface area contributed by atoms with Crippen molar-refractivity contribution in [2.45, 2.75) is 50.7 Å². The van der Waals surface area contributed by atoms with E-state index in [1.54, 1.807) is 12.1 Å². The van der Waals surface area contributed by atoms with Crippen molar-refractivity contribution in [3.63, 3.8) is 0 Å². The van der Waals surface area contributed by atoms with Gasteiger partial charge < -0.3 is 9.47 Å². The van der Waals surface area contributed by atoms with Crippen molar-refractivity contribution in [2.75, 3.05) is 0 Å². The maximum atomic E-state index is 13.2. The lowest BCUT2D eigenvalue weighted by atomic mass is 9.79. The average molecular weight is 313 g/mol. The molecule has 1 spiro atoms. The van der Waals surface area contributed by atoms with Crippen molar-refractivity contribution in [1.29, 1.82) is 0 Å². The fourth-order valence-corrected chi connectivity index (χ4v) is 4.02. The van der Waals surface area contributed by atoms with Gasteiger partial charge in [-0.25, -0.2) is 9.37 Å². The number of hydrogen-bond donors (Lipinski definition) is 0. The van der Waals surface area contributed by atoms with Gasteiger partial charge in [-0.05, 0) is 30.5 Å². The van der Waals surface area contributed by atoms with Crippen LogP contribution in [0.3, 0.4) is 0 Å². The van der Waals surface area contributed by atoms with Crippen LogP contribution in [0, 0.1) is 5.82 Å². The number of fused-ring (bicyclic) bond motifs is 2. The van der Waals surface area contributed by atoms with E-state index >= 15 is 0 Å². The summed E-state index contributed by atoms with van der Waals surface area (Å²) in [6, 6.07) is 6.40. The van der Waals surface area contributed by atoms with Crippen molar-refractivity contribution < 1.29 is 9.18 Å². The number of imidazole rings is 1. The molecule has 2 aromatic rings. The molecule has 1 saturated carbocycles. The fourth-order valence-electron chi connectivity index (χ4n) is 4.02. The molecule has 1 fully saturated rings. The largest absolute Gasteiger partial charge is 0.330 e. The highest BCUT2D eigenvalue weighted by atomic mass is 19.1. The third-order valence-electron chi connectivity index (χ3n) is 5.18. The summed E-state index contributed by atoms with van der Waals surface area (Å²) in [5.74, 6) is -0.0624. The Bertz CT molecular complexity index is 716. The van der Waals surface area contributed by atoms with Gasteiger partial charge in [0.2, 0.25) is 5.91 Å². The number of carbonyl (C=O) groups is 1. The van der Waals surface area contributed by atoms with Gasteiger partial charge in [0.05, 0.1) is 18.6 Å². The average Bonchev–Trinajstić information content (AvgIpc) is 3.05. The lowest BCUT2D eigenvalue weighted by Gasteiger charge is -2.45. The molecule has 1 amide bonds. The monoisotopic (exact) mass is 313 g/mol. The standard InChI is InChI=1S/C18H20FN3O/c19-15-6-4-14(5-7-15)11-21-12-16-10-20-13-22(16)18(17(21)23)8-2-1-3-9-18/h4-7,10,13H,1-3,8-9,11-12H2. The van der Waals surface area contributed by atoms with Crippen molar-refractivity contribution in [3.8, 4) is 0 Å². The van der Waals surface area contributed by atoms with E-state index in [4.69, 9.17) is 0 Å². The van der Waals surface area contributed by atoms with Crippen LogP contribution in [0.25, 0.3) is 0 Å². The van der Waals surface area contributed by atoms with Crippen LogP contribution in [0.4, 0.5) is 4.39 Å². The Hall–Kier alpha value is -2.17. The zero-order chi connectivity index (χ0) is 15.9. The van der Waals surface area contributed by atoms with Crippen LogP contribution >= 0.6 is 0 Å². The summed E-state index contributed by atoms with van der Waals surface area (Å²) in [7, 11) is 0. The molecule has 1 aromatic carbocycles. The first kappa shape index (κ1) is 14.4. The lowest BCUT2D eigenvalue weighted by Crippen LogP contribution is -2.55. The minimum atomic E-state index is -0.456. The first-order chi connectivity index (χ1) is 11.2. The molecule has 0 bridgehead atoms. The predicted molar refractivity (Wildman–Crippen MR) is 83.9 cm³/mol. The van der Waals surface area contributed by atoms with E-state index in [-0.39, 0.29) is 11.7 Å². The number of rotatable bonds is 2. The summed E-state index contributed by atoms with van der Waals surface area (Å²) >= 11 is 0. The number of halogens is 1. The van der Waals surface area contributed by atoms with Crippen LogP contribution in [0.5, 0.6) is 0 Å². The van der Waals surface area contributed by atoms with Crippen LogP contribution in [0.1, 0.15) is 43.4 Å². The second kappa shape index (κ2) is 5.48. The minimum absolute atomic E-state index is 0.187. The van der Waals surface area contributed by atoms with Crippen molar-refractivity contribution in [3.05, 3.63) is 53.9 Å². The number of benzene rings is 1. The summed E-state index contributed by atoms with van der Waals surface area (Å²) in [6.07, 6.45) is 8.79. The number of carbonyl (C=O) groups excluding carboxylic acids is 1. The van der Waals surface area contributed by atoms with E-state index in [1.807, 2.05) is 17.4 Å². The third kappa shape index (κ3) is 2.35. The van der Waals surface area contributed by atoms with Gasteiger partial charge in [0.1, 0.15) is 11.4 Å².